The molecular weight excluding hydrogens is 294 g/mol. The van der Waals surface area contributed by atoms with Gasteiger partial charge in [0.2, 0.25) is 11.8 Å². The molecule has 1 heterocycles. The van der Waals surface area contributed by atoms with Crippen molar-refractivity contribution in [1.29, 1.82) is 0 Å². The van der Waals surface area contributed by atoms with Gasteiger partial charge in [-0.3, -0.25) is 24.1 Å². The number of carbonyl (C=O) groups excluding carboxylic acids is 4. The van der Waals surface area contributed by atoms with Crippen LogP contribution in [0.5, 0.6) is 0 Å². The van der Waals surface area contributed by atoms with E-state index in [1.807, 2.05) is 0 Å². The molecule has 0 aromatic heterocycles. The fraction of sp³-hybridized carbons (Fsp3) is 0.444. The molecular formula is C18H19NO4. The van der Waals surface area contributed by atoms with Gasteiger partial charge < -0.3 is 0 Å². The van der Waals surface area contributed by atoms with E-state index in [2.05, 4.69) is 0 Å². The standard InChI is InChI=1S/C18H19NO4/c1-10(20)12-3-6-14(7-4-12)19-17(22)15-8-5-13(11(2)21)9-16(15)18(19)23/h3-4,6-7,13,15-16H,5,8-9H2,1-2H3. The Labute approximate surface area is 134 Å². The number of nitrogens with zero attached hydrogens (tertiary/aromatic N) is 1. The summed E-state index contributed by atoms with van der Waals surface area (Å²) in [6.07, 6.45) is 1.72. The molecule has 1 saturated heterocycles. The van der Waals surface area contributed by atoms with Gasteiger partial charge in [0, 0.05) is 11.5 Å². The molecule has 1 aromatic rings. The molecule has 1 aliphatic heterocycles. The average molecular weight is 313 g/mol. The fourth-order valence-electron chi connectivity index (χ4n) is 3.65. The van der Waals surface area contributed by atoms with E-state index in [1.165, 1.54) is 11.8 Å². The highest BCUT2D eigenvalue weighted by Crippen LogP contribution is 2.42. The second kappa shape index (κ2) is 5.72. The highest BCUT2D eigenvalue weighted by Gasteiger charge is 2.51. The van der Waals surface area contributed by atoms with Crippen LogP contribution in [0.3, 0.4) is 0 Å². The van der Waals surface area contributed by atoms with E-state index < -0.39 is 5.92 Å². The number of imide groups is 1. The van der Waals surface area contributed by atoms with Crippen molar-refractivity contribution < 1.29 is 19.2 Å². The van der Waals surface area contributed by atoms with E-state index in [0.717, 1.165) is 0 Å². The lowest BCUT2D eigenvalue weighted by atomic mass is 9.74. The maximum absolute atomic E-state index is 12.7. The minimum atomic E-state index is -0.391. The Morgan fingerprint density at radius 1 is 0.957 bits per heavy atom. The molecule has 3 unspecified atom stereocenters. The van der Waals surface area contributed by atoms with Crippen molar-refractivity contribution in [3.05, 3.63) is 29.8 Å². The molecule has 3 atom stereocenters. The van der Waals surface area contributed by atoms with Crippen molar-refractivity contribution >= 4 is 29.1 Å². The number of amides is 2. The number of ketones is 2. The van der Waals surface area contributed by atoms with Crippen molar-refractivity contribution in [3.63, 3.8) is 0 Å². The smallest absolute Gasteiger partial charge is 0.237 e. The fourth-order valence-corrected chi connectivity index (χ4v) is 3.65. The molecule has 2 amide bonds. The Bertz CT molecular complexity index is 691. The lowest BCUT2D eigenvalue weighted by Gasteiger charge is -2.26. The highest BCUT2D eigenvalue weighted by molar-refractivity contribution is 6.22. The van der Waals surface area contributed by atoms with Crippen LogP contribution >= 0.6 is 0 Å². The summed E-state index contributed by atoms with van der Waals surface area (Å²) >= 11 is 0. The van der Waals surface area contributed by atoms with Gasteiger partial charge in [-0.1, -0.05) is 0 Å². The Hall–Kier alpha value is -2.30. The number of fused-ring (bicyclic) bond motifs is 1. The average Bonchev–Trinajstić information content (AvgIpc) is 2.78. The maximum atomic E-state index is 12.7. The van der Waals surface area contributed by atoms with E-state index in [-0.39, 0.29) is 35.2 Å². The predicted molar refractivity (Wildman–Crippen MR) is 83.9 cm³/mol. The van der Waals surface area contributed by atoms with E-state index in [1.54, 1.807) is 31.2 Å². The first-order valence-electron chi connectivity index (χ1n) is 7.89. The third-order valence-electron chi connectivity index (χ3n) is 5.03. The topological polar surface area (TPSA) is 71.5 Å². The monoisotopic (exact) mass is 313 g/mol. The van der Waals surface area contributed by atoms with Crippen LogP contribution in [0.2, 0.25) is 0 Å². The van der Waals surface area contributed by atoms with Crippen LogP contribution in [0.25, 0.3) is 0 Å². The van der Waals surface area contributed by atoms with Crippen molar-refractivity contribution in [2.24, 2.45) is 17.8 Å². The second-order valence-corrected chi connectivity index (χ2v) is 6.45. The zero-order chi connectivity index (χ0) is 16.7. The SMILES string of the molecule is CC(=O)c1ccc(N2C(=O)C3CCC(C(C)=O)CC3C2=O)cc1. The number of hydrogen-bond donors (Lipinski definition) is 0. The Morgan fingerprint density at radius 3 is 2.13 bits per heavy atom. The largest absolute Gasteiger partial charge is 0.300 e. The molecule has 1 aliphatic carbocycles. The summed E-state index contributed by atoms with van der Waals surface area (Å²) in [5, 5.41) is 0. The van der Waals surface area contributed by atoms with Crippen molar-refractivity contribution in [2.45, 2.75) is 33.1 Å². The lowest BCUT2D eigenvalue weighted by molar-refractivity contribution is -0.127. The second-order valence-electron chi connectivity index (χ2n) is 6.45. The van der Waals surface area contributed by atoms with Crippen LogP contribution in [0.1, 0.15) is 43.5 Å². The van der Waals surface area contributed by atoms with E-state index >= 15 is 0 Å². The number of rotatable bonds is 3. The first-order valence-corrected chi connectivity index (χ1v) is 7.89. The van der Waals surface area contributed by atoms with E-state index in [4.69, 9.17) is 0 Å². The quantitative estimate of drug-likeness (QED) is 0.634. The molecule has 3 rings (SSSR count). The van der Waals surface area contributed by atoms with Crippen LogP contribution < -0.4 is 4.90 Å². The molecule has 0 N–H and O–H groups in total. The van der Waals surface area contributed by atoms with Crippen molar-refractivity contribution in [3.8, 4) is 0 Å². The number of carbonyl (C=O) groups is 4. The summed E-state index contributed by atoms with van der Waals surface area (Å²) < 4.78 is 0. The van der Waals surface area contributed by atoms with Crippen LogP contribution in [0.4, 0.5) is 5.69 Å². The van der Waals surface area contributed by atoms with Gasteiger partial charge in [-0.05, 0) is 57.4 Å². The van der Waals surface area contributed by atoms with Crippen LogP contribution in [0, 0.1) is 17.8 Å². The first kappa shape index (κ1) is 15.6. The van der Waals surface area contributed by atoms with Gasteiger partial charge in [0.25, 0.3) is 0 Å². The van der Waals surface area contributed by atoms with E-state index in [0.29, 0.717) is 30.5 Å². The molecule has 0 radical (unpaired) electrons. The third kappa shape index (κ3) is 2.60. The number of Topliss-reactive ketones (excluding diaryl/α,β-unsaturated/α-hetero) is 2. The summed E-state index contributed by atoms with van der Waals surface area (Å²) in [6, 6.07) is 6.51. The number of anilines is 1. The number of benzene rings is 1. The number of hydrogen-bond acceptors (Lipinski definition) is 4. The predicted octanol–water partition coefficient (Wildman–Crippen LogP) is 2.38. The third-order valence-corrected chi connectivity index (χ3v) is 5.03. The van der Waals surface area contributed by atoms with Gasteiger partial charge in [0.1, 0.15) is 5.78 Å². The van der Waals surface area contributed by atoms with Gasteiger partial charge in [-0.2, -0.15) is 0 Å². The molecule has 2 fully saturated rings. The van der Waals surface area contributed by atoms with Crippen LogP contribution in [0.15, 0.2) is 24.3 Å². The zero-order valence-electron chi connectivity index (χ0n) is 13.2. The molecule has 0 bridgehead atoms. The molecule has 1 saturated carbocycles. The molecule has 2 aliphatic rings. The highest BCUT2D eigenvalue weighted by atomic mass is 16.2. The van der Waals surface area contributed by atoms with Gasteiger partial charge >= 0.3 is 0 Å². The molecule has 120 valence electrons. The van der Waals surface area contributed by atoms with Gasteiger partial charge in [0.05, 0.1) is 17.5 Å². The Kier molecular flexibility index (Phi) is 3.88. The molecule has 0 spiro atoms. The summed E-state index contributed by atoms with van der Waals surface area (Å²) in [5.41, 5.74) is 1.04. The summed E-state index contributed by atoms with van der Waals surface area (Å²) in [6.45, 7) is 3.02. The van der Waals surface area contributed by atoms with Crippen molar-refractivity contribution in [2.75, 3.05) is 4.90 Å². The van der Waals surface area contributed by atoms with E-state index in [9.17, 15) is 19.2 Å². The van der Waals surface area contributed by atoms with Gasteiger partial charge in [0.15, 0.2) is 5.78 Å². The minimum absolute atomic E-state index is 0.0615. The first-order chi connectivity index (χ1) is 10.9. The maximum Gasteiger partial charge on any atom is 0.237 e. The lowest BCUT2D eigenvalue weighted by Crippen LogP contribution is -2.31. The molecule has 5 heteroatoms. The normalized spacial score (nSPS) is 27.0. The Balaban J connectivity index is 1.87. The molecule has 1 aromatic carbocycles. The summed E-state index contributed by atoms with van der Waals surface area (Å²) in [5.74, 6) is -1.20. The molecule has 5 nitrogen and oxygen atoms in total. The zero-order valence-corrected chi connectivity index (χ0v) is 13.2. The Morgan fingerprint density at radius 2 is 1.57 bits per heavy atom. The van der Waals surface area contributed by atoms with Gasteiger partial charge in [-0.25, -0.2) is 0 Å². The van der Waals surface area contributed by atoms with Crippen LogP contribution in [-0.2, 0) is 14.4 Å². The summed E-state index contributed by atoms with van der Waals surface area (Å²) in [7, 11) is 0. The van der Waals surface area contributed by atoms with Crippen molar-refractivity contribution in [1.82, 2.24) is 0 Å². The minimum Gasteiger partial charge on any atom is -0.300 e. The summed E-state index contributed by atoms with van der Waals surface area (Å²) in [4.78, 5) is 49.4. The van der Waals surface area contributed by atoms with Gasteiger partial charge in [-0.15, -0.1) is 0 Å². The molecule has 23 heavy (non-hydrogen) atoms. The van der Waals surface area contributed by atoms with Crippen LogP contribution in [-0.4, -0.2) is 23.4 Å².